The summed E-state index contributed by atoms with van der Waals surface area (Å²) in [6.07, 6.45) is -1.38. The minimum atomic E-state index is -0.950. The average Bonchev–Trinajstić information content (AvgIpc) is 2.77. The second-order valence-electron chi connectivity index (χ2n) is 8.58. The minimum absolute atomic E-state index is 0.0839. The van der Waals surface area contributed by atoms with Gasteiger partial charge in [0.25, 0.3) is 0 Å². The van der Waals surface area contributed by atoms with Crippen LogP contribution in [0.5, 0.6) is 0 Å². The van der Waals surface area contributed by atoms with Crippen LogP contribution in [0.2, 0.25) is 0 Å². The van der Waals surface area contributed by atoms with Crippen LogP contribution in [0.15, 0.2) is 60.7 Å². The van der Waals surface area contributed by atoms with Crippen LogP contribution in [0.1, 0.15) is 44.9 Å². The molecule has 0 aromatic heterocycles. The molecular formula is C25H32N2O6. The maximum absolute atomic E-state index is 12.8. The van der Waals surface area contributed by atoms with Crippen LogP contribution in [-0.2, 0) is 25.6 Å². The van der Waals surface area contributed by atoms with Gasteiger partial charge in [0, 0.05) is 6.04 Å². The lowest BCUT2D eigenvalue weighted by Gasteiger charge is -2.32. The van der Waals surface area contributed by atoms with E-state index in [0.717, 1.165) is 5.56 Å². The van der Waals surface area contributed by atoms with Crippen molar-refractivity contribution in [3.63, 3.8) is 0 Å². The predicted molar refractivity (Wildman–Crippen MR) is 123 cm³/mol. The molecule has 0 aliphatic rings. The van der Waals surface area contributed by atoms with Gasteiger partial charge in [-0.1, -0.05) is 60.7 Å². The highest BCUT2D eigenvalue weighted by Gasteiger charge is 2.38. The van der Waals surface area contributed by atoms with Gasteiger partial charge in [-0.05, 0) is 38.8 Å². The monoisotopic (exact) mass is 456 g/mol. The first-order valence-corrected chi connectivity index (χ1v) is 10.7. The normalized spacial score (nSPS) is 13.7. The Morgan fingerprint density at radius 1 is 0.879 bits per heavy atom. The summed E-state index contributed by atoms with van der Waals surface area (Å²) in [6, 6.07) is 16.6. The smallest absolute Gasteiger partial charge is 0.408 e. The molecule has 2 N–H and O–H groups in total. The van der Waals surface area contributed by atoms with E-state index in [1.165, 1.54) is 7.11 Å². The molecule has 0 aliphatic carbocycles. The van der Waals surface area contributed by atoms with Crippen LogP contribution in [0.3, 0.4) is 0 Å². The molecule has 2 rings (SSSR count). The number of esters is 1. The zero-order chi connectivity index (χ0) is 24.4. The molecule has 0 heterocycles. The highest BCUT2D eigenvalue weighted by molar-refractivity contribution is 5.78. The number of amides is 2. The van der Waals surface area contributed by atoms with Gasteiger partial charge in [0.1, 0.15) is 18.1 Å². The third-order valence-electron chi connectivity index (χ3n) is 4.76. The largest absolute Gasteiger partial charge is 0.469 e. The zero-order valence-electron chi connectivity index (χ0n) is 19.7. The number of methoxy groups -OCH3 is 1. The Bertz CT molecular complexity index is 911. The Labute approximate surface area is 194 Å². The lowest BCUT2D eigenvalue weighted by molar-refractivity contribution is -0.147. The van der Waals surface area contributed by atoms with E-state index in [0.29, 0.717) is 5.56 Å². The molecule has 3 atom stereocenters. The van der Waals surface area contributed by atoms with Crippen molar-refractivity contribution < 1.29 is 28.6 Å². The molecule has 0 radical (unpaired) electrons. The fraction of sp³-hybridized carbons (Fsp3) is 0.400. The molecule has 0 aliphatic heterocycles. The van der Waals surface area contributed by atoms with E-state index >= 15 is 0 Å². The molecule has 2 amide bonds. The first kappa shape index (κ1) is 25.7. The zero-order valence-corrected chi connectivity index (χ0v) is 19.7. The first-order valence-electron chi connectivity index (χ1n) is 10.7. The molecule has 0 unspecified atom stereocenters. The maximum Gasteiger partial charge on any atom is 0.408 e. The Kier molecular flexibility index (Phi) is 9.27. The van der Waals surface area contributed by atoms with Gasteiger partial charge in [0.05, 0.1) is 13.2 Å². The quantitative estimate of drug-likeness (QED) is 0.452. The summed E-state index contributed by atoms with van der Waals surface area (Å²) in [4.78, 5) is 37.8. The lowest BCUT2D eigenvalue weighted by atomic mass is 9.87. The third kappa shape index (κ3) is 8.48. The summed E-state index contributed by atoms with van der Waals surface area (Å²) in [7, 11) is 1.26. The van der Waals surface area contributed by atoms with Crippen LogP contribution in [0.4, 0.5) is 9.59 Å². The standard InChI is InChI=1S/C25H32N2O6/c1-17(26-23(29)32-16-18-12-8-6-9-13-18)20(22(28)31-5)21(19-14-10-7-11-15-19)27-24(30)33-25(2,3)4/h6-15,17,20-21H,16H2,1-5H3,(H,26,29)(H,27,30)/t17-,20+,21+/m0/s1. The van der Waals surface area contributed by atoms with E-state index in [9.17, 15) is 14.4 Å². The predicted octanol–water partition coefficient (Wildman–Crippen LogP) is 4.36. The van der Waals surface area contributed by atoms with E-state index in [1.807, 2.05) is 36.4 Å². The SMILES string of the molecule is COC(=O)[C@H]([C@H](C)NC(=O)OCc1ccccc1)[C@H](NC(=O)OC(C)(C)C)c1ccccc1. The Balaban J connectivity index is 2.21. The Morgan fingerprint density at radius 2 is 1.45 bits per heavy atom. The number of alkyl carbamates (subject to hydrolysis) is 2. The fourth-order valence-corrected chi connectivity index (χ4v) is 3.28. The molecule has 0 fully saturated rings. The second kappa shape index (κ2) is 11.9. The van der Waals surface area contributed by atoms with Gasteiger partial charge < -0.3 is 24.8 Å². The molecule has 0 bridgehead atoms. The molecule has 0 saturated carbocycles. The van der Waals surface area contributed by atoms with Crippen molar-refractivity contribution in [1.29, 1.82) is 0 Å². The molecule has 0 spiro atoms. The number of rotatable bonds is 8. The lowest BCUT2D eigenvalue weighted by Crippen LogP contribution is -2.49. The topological polar surface area (TPSA) is 103 Å². The van der Waals surface area contributed by atoms with Crippen molar-refractivity contribution in [3.05, 3.63) is 71.8 Å². The van der Waals surface area contributed by atoms with Gasteiger partial charge in [0.15, 0.2) is 0 Å². The molecule has 2 aromatic rings. The average molecular weight is 457 g/mol. The molecule has 2 aromatic carbocycles. The van der Waals surface area contributed by atoms with Crippen LogP contribution in [0, 0.1) is 5.92 Å². The second-order valence-corrected chi connectivity index (χ2v) is 8.58. The molecule has 0 saturated heterocycles. The van der Waals surface area contributed by atoms with Gasteiger partial charge in [-0.2, -0.15) is 0 Å². The molecule has 8 nitrogen and oxygen atoms in total. The first-order chi connectivity index (χ1) is 15.6. The number of carbonyl (C=O) groups excluding carboxylic acids is 3. The number of ether oxygens (including phenoxy) is 3. The van der Waals surface area contributed by atoms with Gasteiger partial charge in [-0.15, -0.1) is 0 Å². The fourth-order valence-electron chi connectivity index (χ4n) is 3.28. The summed E-state index contributed by atoms with van der Waals surface area (Å²) < 4.78 is 15.7. The van der Waals surface area contributed by atoms with Crippen LogP contribution >= 0.6 is 0 Å². The van der Waals surface area contributed by atoms with E-state index in [2.05, 4.69) is 10.6 Å². The number of benzene rings is 2. The van der Waals surface area contributed by atoms with Crippen LogP contribution < -0.4 is 10.6 Å². The number of carbonyl (C=O) groups is 3. The number of nitrogens with one attached hydrogen (secondary N) is 2. The van der Waals surface area contributed by atoms with Crippen molar-refractivity contribution in [2.45, 2.75) is 52.0 Å². The summed E-state index contributed by atoms with van der Waals surface area (Å²) in [5.41, 5.74) is 0.764. The van der Waals surface area contributed by atoms with Crippen molar-refractivity contribution >= 4 is 18.2 Å². The van der Waals surface area contributed by atoms with Gasteiger partial charge in [0.2, 0.25) is 0 Å². The number of hydrogen-bond acceptors (Lipinski definition) is 6. The molecule has 8 heteroatoms. The Morgan fingerprint density at radius 3 is 2.00 bits per heavy atom. The van der Waals surface area contributed by atoms with Gasteiger partial charge in [-0.25, -0.2) is 9.59 Å². The van der Waals surface area contributed by atoms with Gasteiger partial charge >= 0.3 is 18.2 Å². The summed E-state index contributed by atoms with van der Waals surface area (Å²) in [5, 5.41) is 5.45. The van der Waals surface area contributed by atoms with Crippen LogP contribution in [0.25, 0.3) is 0 Å². The summed E-state index contributed by atoms with van der Waals surface area (Å²) >= 11 is 0. The van der Waals surface area contributed by atoms with Crippen molar-refractivity contribution in [3.8, 4) is 0 Å². The van der Waals surface area contributed by atoms with Gasteiger partial charge in [-0.3, -0.25) is 4.79 Å². The number of hydrogen-bond donors (Lipinski definition) is 2. The molecule has 178 valence electrons. The Hall–Kier alpha value is -3.55. The minimum Gasteiger partial charge on any atom is -0.469 e. The maximum atomic E-state index is 12.8. The van der Waals surface area contributed by atoms with E-state index < -0.39 is 41.8 Å². The van der Waals surface area contributed by atoms with Crippen molar-refractivity contribution in [2.24, 2.45) is 5.92 Å². The highest BCUT2D eigenvalue weighted by Crippen LogP contribution is 2.27. The van der Waals surface area contributed by atoms with E-state index in [-0.39, 0.29) is 6.61 Å². The molecular weight excluding hydrogens is 424 g/mol. The third-order valence-corrected chi connectivity index (χ3v) is 4.76. The van der Waals surface area contributed by atoms with Crippen molar-refractivity contribution in [2.75, 3.05) is 7.11 Å². The van der Waals surface area contributed by atoms with E-state index in [1.54, 1.807) is 52.0 Å². The summed E-state index contributed by atoms with van der Waals surface area (Å²) in [6.45, 7) is 6.97. The summed E-state index contributed by atoms with van der Waals surface area (Å²) in [5.74, 6) is -1.55. The van der Waals surface area contributed by atoms with Crippen molar-refractivity contribution in [1.82, 2.24) is 10.6 Å². The van der Waals surface area contributed by atoms with E-state index in [4.69, 9.17) is 14.2 Å². The van der Waals surface area contributed by atoms with Crippen LogP contribution in [-0.4, -0.2) is 36.9 Å². The highest BCUT2D eigenvalue weighted by atomic mass is 16.6. The molecule has 33 heavy (non-hydrogen) atoms.